The fourth-order valence-electron chi connectivity index (χ4n) is 3.63. The molecule has 0 radical (unpaired) electrons. The minimum Gasteiger partial charge on any atom is -0.481 e. The third-order valence-corrected chi connectivity index (χ3v) is 5.04. The number of likely N-dealkylation sites (tertiary alicyclic amines) is 1. The predicted molar refractivity (Wildman–Crippen MR) is 96.4 cm³/mol. The average molecular weight is 349 g/mol. The van der Waals surface area contributed by atoms with Gasteiger partial charge >= 0.3 is 5.97 Å². The van der Waals surface area contributed by atoms with E-state index in [1.165, 1.54) is 0 Å². The molecule has 0 unspecified atom stereocenters. The van der Waals surface area contributed by atoms with Crippen molar-refractivity contribution < 1.29 is 14.7 Å². The van der Waals surface area contributed by atoms with Crippen LogP contribution in [0.25, 0.3) is 0 Å². The highest BCUT2D eigenvalue weighted by Gasteiger charge is 2.25. The highest BCUT2D eigenvalue weighted by Crippen LogP contribution is 2.23. The Morgan fingerprint density at radius 2 is 2.04 bits per heavy atom. The highest BCUT2D eigenvalue weighted by atomic mass is 16.4. The molecular formula is C19H31N3O3. The molecule has 25 heavy (non-hydrogen) atoms. The van der Waals surface area contributed by atoms with E-state index in [1.54, 1.807) is 0 Å². The SMILES string of the molecule is Cc1nn(CC(C)C)c(C)c1CC(=O)N1CCC[C@H](CCC(=O)O)C1. The Morgan fingerprint density at radius 3 is 2.68 bits per heavy atom. The van der Waals surface area contributed by atoms with Crippen LogP contribution in [0.2, 0.25) is 0 Å². The van der Waals surface area contributed by atoms with Gasteiger partial charge < -0.3 is 10.0 Å². The van der Waals surface area contributed by atoms with Crippen LogP contribution in [0.3, 0.4) is 0 Å². The number of aromatic nitrogens is 2. The zero-order valence-electron chi connectivity index (χ0n) is 15.9. The van der Waals surface area contributed by atoms with Gasteiger partial charge in [-0.25, -0.2) is 0 Å². The summed E-state index contributed by atoms with van der Waals surface area (Å²) in [6, 6.07) is 0. The third kappa shape index (κ3) is 5.31. The first-order chi connectivity index (χ1) is 11.8. The number of aryl methyl sites for hydroxylation is 1. The molecule has 1 atom stereocenters. The summed E-state index contributed by atoms with van der Waals surface area (Å²) >= 11 is 0. The van der Waals surface area contributed by atoms with Crippen LogP contribution < -0.4 is 0 Å². The molecule has 0 aliphatic carbocycles. The van der Waals surface area contributed by atoms with Crippen LogP contribution in [0.4, 0.5) is 0 Å². The van der Waals surface area contributed by atoms with E-state index in [0.717, 1.165) is 42.9 Å². The van der Waals surface area contributed by atoms with Gasteiger partial charge in [-0.05, 0) is 44.9 Å². The number of piperidine rings is 1. The predicted octanol–water partition coefficient (Wildman–Crippen LogP) is 2.80. The van der Waals surface area contributed by atoms with Crippen LogP contribution >= 0.6 is 0 Å². The van der Waals surface area contributed by atoms with Crippen molar-refractivity contribution >= 4 is 11.9 Å². The average Bonchev–Trinajstić information content (AvgIpc) is 2.80. The maximum absolute atomic E-state index is 12.8. The van der Waals surface area contributed by atoms with Gasteiger partial charge in [-0.3, -0.25) is 14.3 Å². The Labute approximate surface area is 150 Å². The minimum atomic E-state index is -0.757. The first kappa shape index (κ1) is 19.5. The zero-order valence-corrected chi connectivity index (χ0v) is 15.9. The second-order valence-corrected chi connectivity index (χ2v) is 7.68. The molecule has 0 aromatic carbocycles. The maximum atomic E-state index is 12.8. The van der Waals surface area contributed by atoms with Gasteiger partial charge in [0.15, 0.2) is 0 Å². The third-order valence-electron chi connectivity index (χ3n) is 5.04. The Balaban J connectivity index is 1.99. The molecule has 1 aliphatic heterocycles. The number of nitrogens with zero attached hydrogens (tertiary/aromatic N) is 3. The summed E-state index contributed by atoms with van der Waals surface area (Å²) < 4.78 is 2.01. The Hall–Kier alpha value is -1.85. The number of carbonyl (C=O) groups excluding carboxylic acids is 1. The van der Waals surface area contributed by atoms with E-state index in [1.807, 2.05) is 23.4 Å². The lowest BCUT2D eigenvalue weighted by Crippen LogP contribution is -2.41. The molecule has 1 saturated heterocycles. The van der Waals surface area contributed by atoms with E-state index in [-0.39, 0.29) is 12.3 Å². The molecule has 0 saturated carbocycles. The molecular weight excluding hydrogens is 318 g/mol. The van der Waals surface area contributed by atoms with Crippen molar-refractivity contribution in [1.29, 1.82) is 0 Å². The van der Waals surface area contributed by atoms with Crippen molar-refractivity contribution in [2.75, 3.05) is 13.1 Å². The van der Waals surface area contributed by atoms with E-state index in [9.17, 15) is 9.59 Å². The van der Waals surface area contributed by atoms with E-state index in [4.69, 9.17) is 5.11 Å². The lowest BCUT2D eigenvalue weighted by Gasteiger charge is -2.32. The number of aliphatic carboxylic acids is 1. The van der Waals surface area contributed by atoms with Crippen LogP contribution in [0.1, 0.15) is 56.5 Å². The molecule has 2 heterocycles. The lowest BCUT2D eigenvalue weighted by molar-refractivity contribution is -0.137. The summed E-state index contributed by atoms with van der Waals surface area (Å²) in [5.74, 6) is 0.195. The molecule has 0 spiro atoms. The van der Waals surface area contributed by atoms with Crippen molar-refractivity contribution in [2.45, 2.75) is 66.3 Å². The van der Waals surface area contributed by atoms with Gasteiger partial charge in [-0.1, -0.05) is 13.8 Å². The van der Waals surface area contributed by atoms with Crippen LogP contribution in [0, 0.1) is 25.7 Å². The number of rotatable bonds is 7. The molecule has 1 N–H and O–H groups in total. The standard InChI is InChI=1S/C19H31N3O3/c1-13(2)11-22-15(4)17(14(3)20-22)10-18(23)21-9-5-6-16(12-21)7-8-19(24)25/h13,16H,5-12H2,1-4H3,(H,24,25)/t16-/m1/s1. The van der Waals surface area contributed by atoms with Crippen molar-refractivity contribution in [3.8, 4) is 0 Å². The molecule has 0 bridgehead atoms. The van der Waals surface area contributed by atoms with E-state index < -0.39 is 5.97 Å². The Morgan fingerprint density at radius 1 is 1.32 bits per heavy atom. The number of carbonyl (C=O) groups is 2. The number of carboxylic acids is 1. The van der Waals surface area contributed by atoms with Crippen molar-refractivity contribution in [3.05, 3.63) is 17.0 Å². The van der Waals surface area contributed by atoms with E-state index in [0.29, 0.717) is 31.2 Å². The monoisotopic (exact) mass is 349 g/mol. The van der Waals surface area contributed by atoms with Gasteiger partial charge in [0.2, 0.25) is 5.91 Å². The molecule has 1 aromatic heterocycles. The number of hydrogen-bond donors (Lipinski definition) is 1. The van der Waals surface area contributed by atoms with Gasteiger partial charge in [0.25, 0.3) is 0 Å². The summed E-state index contributed by atoms with van der Waals surface area (Å²) in [6.45, 7) is 10.7. The number of hydrogen-bond acceptors (Lipinski definition) is 3. The topological polar surface area (TPSA) is 75.4 Å². The molecule has 1 aromatic rings. The van der Waals surface area contributed by atoms with Crippen molar-refractivity contribution in [1.82, 2.24) is 14.7 Å². The van der Waals surface area contributed by atoms with Gasteiger partial charge in [0.05, 0.1) is 12.1 Å². The Kier molecular flexibility index (Phi) is 6.62. The molecule has 1 amide bonds. The van der Waals surface area contributed by atoms with Gasteiger partial charge in [-0.15, -0.1) is 0 Å². The Bertz CT molecular complexity index is 622. The fraction of sp³-hybridized carbons (Fsp3) is 0.737. The lowest BCUT2D eigenvalue weighted by atomic mass is 9.93. The van der Waals surface area contributed by atoms with Gasteiger partial charge in [-0.2, -0.15) is 5.10 Å². The summed E-state index contributed by atoms with van der Waals surface area (Å²) in [7, 11) is 0. The van der Waals surface area contributed by atoms with Crippen LogP contribution in [0.5, 0.6) is 0 Å². The molecule has 1 aliphatic rings. The van der Waals surface area contributed by atoms with Crippen molar-refractivity contribution in [2.24, 2.45) is 11.8 Å². The van der Waals surface area contributed by atoms with Crippen LogP contribution in [-0.4, -0.2) is 44.8 Å². The molecule has 2 rings (SSSR count). The van der Waals surface area contributed by atoms with Crippen LogP contribution in [0.15, 0.2) is 0 Å². The number of carboxylic acid groups (broad SMARTS) is 1. The maximum Gasteiger partial charge on any atom is 0.303 e. The van der Waals surface area contributed by atoms with E-state index in [2.05, 4.69) is 18.9 Å². The largest absolute Gasteiger partial charge is 0.481 e. The molecule has 140 valence electrons. The normalized spacial score (nSPS) is 18.0. The number of amides is 1. The quantitative estimate of drug-likeness (QED) is 0.821. The second-order valence-electron chi connectivity index (χ2n) is 7.68. The van der Waals surface area contributed by atoms with Crippen molar-refractivity contribution in [3.63, 3.8) is 0 Å². The summed E-state index contributed by atoms with van der Waals surface area (Å²) in [5.41, 5.74) is 3.06. The van der Waals surface area contributed by atoms with E-state index >= 15 is 0 Å². The summed E-state index contributed by atoms with van der Waals surface area (Å²) in [4.78, 5) is 25.4. The van der Waals surface area contributed by atoms with Gasteiger partial charge in [0.1, 0.15) is 0 Å². The van der Waals surface area contributed by atoms with Gasteiger partial charge in [0, 0.05) is 37.3 Å². The summed E-state index contributed by atoms with van der Waals surface area (Å²) in [5, 5.41) is 13.4. The van der Waals surface area contributed by atoms with Crippen LogP contribution in [-0.2, 0) is 22.6 Å². The highest BCUT2D eigenvalue weighted by molar-refractivity contribution is 5.79. The zero-order chi connectivity index (χ0) is 18.6. The first-order valence-electron chi connectivity index (χ1n) is 9.30. The molecule has 1 fully saturated rings. The molecule has 6 nitrogen and oxygen atoms in total. The first-order valence-corrected chi connectivity index (χ1v) is 9.30. The minimum absolute atomic E-state index is 0.135. The summed E-state index contributed by atoms with van der Waals surface area (Å²) in [6.07, 6.45) is 3.21. The molecule has 6 heteroatoms. The fourth-order valence-corrected chi connectivity index (χ4v) is 3.63. The smallest absolute Gasteiger partial charge is 0.303 e. The second kappa shape index (κ2) is 8.50.